The molecule has 0 saturated carbocycles. The molecule has 0 aliphatic carbocycles. The molecule has 0 aliphatic heterocycles. The van der Waals surface area contributed by atoms with E-state index in [4.69, 9.17) is 9.47 Å². The predicted molar refractivity (Wildman–Crippen MR) is 234 cm³/mol. The fraction of sp³-hybridized carbons (Fsp3) is 0.938. The standard InChI is InChI=1S/C48H94N2O5/c1-11-50(12-2)36-35-46(51)49-45(27-23-19-15-13-17-21-25-29-47(52)54-37-43(41(7)8)33-31-39(3)4)28-24-20-16-14-18-22-26-30-48(53)55-38-44(42(9)10)34-32-40(5)6/h39-45H,11-38H2,1-10H3,(H,49,51). The second-order valence-corrected chi connectivity index (χ2v) is 18.4. The first kappa shape index (κ1) is 53.4. The van der Waals surface area contributed by atoms with Crippen molar-refractivity contribution in [3.8, 4) is 0 Å². The highest BCUT2D eigenvalue weighted by molar-refractivity contribution is 5.76. The van der Waals surface area contributed by atoms with Crippen LogP contribution in [0.3, 0.4) is 0 Å². The Bertz CT molecular complexity index is 858. The van der Waals surface area contributed by atoms with Gasteiger partial charge in [0.15, 0.2) is 0 Å². The number of carbonyl (C=O) groups excluding carboxylic acids is 3. The fourth-order valence-corrected chi connectivity index (χ4v) is 7.33. The quantitative estimate of drug-likeness (QED) is 0.0496. The molecule has 55 heavy (non-hydrogen) atoms. The number of unbranched alkanes of at least 4 members (excludes halogenated alkanes) is 12. The van der Waals surface area contributed by atoms with Crippen LogP contribution >= 0.6 is 0 Å². The Morgan fingerprint density at radius 1 is 0.473 bits per heavy atom. The second kappa shape index (κ2) is 35.5. The highest BCUT2D eigenvalue weighted by Crippen LogP contribution is 2.22. The number of hydrogen-bond donors (Lipinski definition) is 1. The van der Waals surface area contributed by atoms with Gasteiger partial charge in [-0.25, -0.2) is 0 Å². The molecule has 0 fully saturated rings. The van der Waals surface area contributed by atoms with E-state index < -0.39 is 0 Å². The third-order valence-corrected chi connectivity index (χ3v) is 11.8. The molecule has 0 aliphatic rings. The van der Waals surface area contributed by atoms with Gasteiger partial charge in [-0.3, -0.25) is 14.4 Å². The van der Waals surface area contributed by atoms with Crippen molar-refractivity contribution in [3.05, 3.63) is 0 Å². The number of hydrogen-bond acceptors (Lipinski definition) is 6. The molecule has 2 unspecified atom stereocenters. The molecule has 1 amide bonds. The summed E-state index contributed by atoms with van der Waals surface area (Å²) in [7, 11) is 0. The van der Waals surface area contributed by atoms with E-state index in [0.29, 0.717) is 68.0 Å². The second-order valence-electron chi connectivity index (χ2n) is 18.4. The van der Waals surface area contributed by atoms with Gasteiger partial charge in [-0.15, -0.1) is 0 Å². The summed E-state index contributed by atoms with van der Waals surface area (Å²) in [5, 5.41) is 3.40. The molecule has 7 heteroatoms. The summed E-state index contributed by atoms with van der Waals surface area (Å²) in [4.78, 5) is 39.8. The van der Waals surface area contributed by atoms with Crippen molar-refractivity contribution in [1.82, 2.24) is 10.2 Å². The van der Waals surface area contributed by atoms with Crippen molar-refractivity contribution in [2.75, 3.05) is 32.8 Å². The SMILES string of the molecule is CCN(CC)CCC(=O)NC(CCCCCCCCCC(=O)OCC(CCC(C)C)C(C)C)CCCCCCCCCC(=O)OCC(CCC(C)C)C(C)C. The number of ether oxygens (including phenoxy) is 2. The van der Waals surface area contributed by atoms with Gasteiger partial charge in [0, 0.05) is 31.8 Å². The molecule has 0 rings (SSSR count). The predicted octanol–water partition coefficient (Wildman–Crippen LogP) is 12.7. The molecular formula is C48H94N2O5. The third kappa shape index (κ3) is 33.1. The Hall–Kier alpha value is -1.63. The first-order chi connectivity index (χ1) is 26.3. The molecule has 0 radical (unpaired) electrons. The van der Waals surface area contributed by atoms with Crippen LogP contribution in [-0.4, -0.2) is 61.6 Å². The van der Waals surface area contributed by atoms with Crippen molar-refractivity contribution >= 4 is 17.8 Å². The van der Waals surface area contributed by atoms with Crippen LogP contribution in [0.5, 0.6) is 0 Å². The molecule has 2 atom stereocenters. The van der Waals surface area contributed by atoms with Crippen LogP contribution in [0.4, 0.5) is 0 Å². The van der Waals surface area contributed by atoms with Gasteiger partial charge in [-0.05, 0) is 87.1 Å². The van der Waals surface area contributed by atoms with E-state index in [1.54, 1.807) is 0 Å². The zero-order chi connectivity index (χ0) is 41.3. The number of amides is 1. The fourth-order valence-electron chi connectivity index (χ4n) is 7.33. The molecule has 0 spiro atoms. The number of nitrogens with zero attached hydrogens (tertiary/aromatic N) is 1. The molecule has 326 valence electrons. The number of carbonyl (C=O) groups is 3. The van der Waals surface area contributed by atoms with E-state index in [1.807, 2.05) is 0 Å². The summed E-state index contributed by atoms with van der Waals surface area (Å²) < 4.78 is 11.3. The third-order valence-electron chi connectivity index (χ3n) is 11.8. The van der Waals surface area contributed by atoms with E-state index in [0.717, 1.165) is 83.8 Å². The maximum atomic E-state index is 12.9. The summed E-state index contributed by atoms with van der Waals surface area (Å²) in [6.07, 6.45) is 24.3. The molecule has 0 aromatic rings. The minimum absolute atomic E-state index is 0.0303. The van der Waals surface area contributed by atoms with Crippen LogP contribution in [-0.2, 0) is 23.9 Å². The average Bonchev–Trinajstić information content (AvgIpc) is 3.12. The normalized spacial score (nSPS) is 13.6. The average molecular weight is 779 g/mol. The number of esters is 2. The van der Waals surface area contributed by atoms with Crippen LogP contribution in [0.1, 0.15) is 217 Å². The molecule has 0 saturated heterocycles. The first-order valence-corrected chi connectivity index (χ1v) is 23.6. The highest BCUT2D eigenvalue weighted by Gasteiger charge is 2.18. The number of rotatable bonds is 38. The Balaban J connectivity index is 4.31. The van der Waals surface area contributed by atoms with Crippen molar-refractivity contribution in [3.63, 3.8) is 0 Å². The topological polar surface area (TPSA) is 84.9 Å². The van der Waals surface area contributed by atoms with Gasteiger partial charge in [-0.1, -0.05) is 159 Å². The Morgan fingerprint density at radius 2 is 0.836 bits per heavy atom. The molecular weight excluding hydrogens is 685 g/mol. The van der Waals surface area contributed by atoms with Crippen LogP contribution in [0.2, 0.25) is 0 Å². The maximum absolute atomic E-state index is 12.9. The largest absolute Gasteiger partial charge is 0.465 e. The summed E-state index contributed by atoms with van der Waals surface area (Å²) in [5.41, 5.74) is 0. The van der Waals surface area contributed by atoms with Gasteiger partial charge < -0.3 is 19.7 Å². The molecule has 0 aromatic heterocycles. The van der Waals surface area contributed by atoms with Crippen LogP contribution in [0.25, 0.3) is 0 Å². The lowest BCUT2D eigenvalue weighted by Gasteiger charge is -2.21. The molecule has 0 bridgehead atoms. The van der Waals surface area contributed by atoms with Gasteiger partial charge in [0.05, 0.1) is 13.2 Å². The van der Waals surface area contributed by atoms with Crippen molar-refractivity contribution in [1.29, 1.82) is 0 Å². The Labute approximate surface area is 342 Å². The summed E-state index contributed by atoms with van der Waals surface area (Å²) in [6, 6.07) is 0.266. The lowest BCUT2D eigenvalue weighted by molar-refractivity contribution is -0.146. The van der Waals surface area contributed by atoms with E-state index in [9.17, 15) is 14.4 Å². The van der Waals surface area contributed by atoms with Gasteiger partial charge >= 0.3 is 11.9 Å². The van der Waals surface area contributed by atoms with E-state index >= 15 is 0 Å². The van der Waals surface area contributed by atoms with E-state index in [-0.39, 0.29) is 23.9 Å². The lowest BCUT2D eigenvalue weighted by Crippen LogP contribution is -2.37. The van der Waals surface area contributed by atoms with E-state index in [2.05, 4.69) is 79.5 Å². The van der Waals surface area contributed by atoms with Crippen LogP contribution in [0, 0.1) is 35.5 Å². The molecule has 1 N–H and O–H groups in total. The molecule has 0 aromatic carbocycles. The van der Waals surface area contributed by atoms with Gasteiger partial charge in [-0.2, -0.15) is 0 Å². The lowest BCUT2D eigenvalue weighted by atomic mass is 9.89. The van der Waals surface area contributed by atoms with E-state index in [1.165, 1.54) is 64.2 Å². The molecule has 0 heterocycles. The van der Waals surface area contributed by atoms with Crippen molar-refractivity contribution in [2.45, 2.75) is 223 Å². The van der Waals surface area contributed by atoms with Crippen molar-refractivity contribution < 1.29 is 23.9 Å². The Kier molecular flexibility index (Phi) is 34.5. The minimum Gasteiger partial charge on any atom is -0.465 e. The zero-order valence-corrected chi connectivity index (χ0v) is 38.3. The summed E-state index contributed by atoms with van der Waals surface area (Å²) >= 11 is 0. The van der Waals surface area contributed by atoms with Gasteiger partial charge in [0.2, 0.25) is 5.91 Å². The number of nitrogens with one attached hydrogen (secondary N) is 1. The highest BCUT2D eigenvalue weighted by atomic mass is 16.5. The monoisotopic (exact) mass is 779 g/mol. The minimum atomic E-state index is -0.0303. The smallest absolute Gasteiger partial charge is 0.305 e. The maximum Gasteiger partial charge on any atom is 0.305 e. The van der Waals surface area contributed by atoms with Crippen LogP contribution in [0.15, 0.2) is 0 Å². The van der Waals surface area contributed by atoms with Gasteiger partial charge in [0.25, 0.3) is 0 Å². The molecule has 7 nitrogen and oxygen atoms in total. The van der Waals surface area contributed by atoms with Gasteiger partial charge in [0.1, 0.15) is 0 Å². The Morgan fingerprint density at radius 3 is 1.18 bits per heavy atom. The summed E-state index contributed by atoms with van der Waals surface area (Å²) in [5.74, 6) is 3.52. The van der Waals surface area contributed by atoms with Crippen LogP contribution < -0.4 is 5.32 Å². The zero-order valence-electron chi connectivity index (χ0n) is 38.3. The van der Waals surface area contributed by atoms with Crippen molar-refractivity contribution in [2.24, 2.45) is 35.5 Å². The summed E-state index contributed by atoms with van der Waals surface area (Å²) in [6.45, 7) is 26.2. The first-order valence-electron chi connectivity index (χ1n) is 23.6.